The lowest BCUT2D eigenvalue weighted by Crippen LogP contribution is -2.38. The Bertz CT molecular complexity index is 1050. The van der Waals surface area contributed by atoms with E-state index in [2.05, 4.69) is 20.5 Å². The molecule has 0 aliphatic carbocycles. The number of halogens is 4. The largest absolute Gasteiger partial charge is 0.387 e. The van der Waals surface area contributed by atoms with Gasteiger partial charge in [0.05, 0.1) is 16.3 Å². The number of rotatable bonds is 5. The van der Waals surface area contributed by atoms with Gasteiger partial charge in [0.2, 0.25) is 0 Å². The molecule has 1 unspecified atom stereocenters. The molecule has 3 aromatic rings. The van der Waals surface area contributed by atoms with E-state index in [-0.39, 0.29) is 30.6 Å². The van der Waals surface area contributed by atoms with E-state index in [4.69, 9.17) is 11.6 Å². The first-order valence-electron chi connectivity index (χ1n) is 9.91. The van der Waals surface area contributed by atoms with Gasteiger partial charge in [-0.05, 0) is 67.7 Å². The highest BCUT2D eigenvalue weighted by Crippen LogP contribution is 2.26. The molecule has 1 N–H and O–H groups in total. The highest BCUT2D eigenvalue weighted by molar-refractivity contribution is 7.16. The number of likely N-dealkylation sites (tertiary alicyclic amines) is 1. The second-order valence-corrected chi connectivity index (χ2v) is 9.09. The van der Waals surface area contributed by atoms with Gasteiger partial charge in [0, 0.05) is 25.2 Å². The Morgan fingerprint density at radius 2 is 1.84 bits per heavy atom. The number of benzene rings is 2. The average Bonchev–Trinajstić information content (AvgIpc) is 3.06. The van der Waals surface area contributed by atoms with Gasteiger partial charge < -0.3 is 14.6 Å². The zero-order chi connectivity index (χ0) is 20.4. The lowest BCUT2D eigenvalue weighted by Gasteiger charge is -2.33. The van der Waals surface area contributed by atoms with Crippen LogP contribution in [0.4, 0.5) is 4.39 Å². The Morgan fingerprint density at radius 1 is 1.16 bits per heavy atom. The van der Waals surface area contributed by atoms with Crippen molar-refractivity contribution >= 4 is 58.0 Å². The van der Waals surface area contributed by atoms with Crippen molar-refractivity contribution < 1.29 is 9.50 Å². The molecule has 0 spiro atoms. The summed E-state index contributed by atoms with van der Waals surface area (Å²) in [6.45, 7) is 3.44. The molecule has 170 valence electrons. The Balaban J connectivity index is 0.00000171. The molecule has 0 amide bonds. The van der Waals surface area contributed by atoms with Crippen molar-refractivity contribution in [2.45, 2.75) is 25.5 Å². The maximum atomic E-state index is 13.1. The van der Waals surface area contributed by atoms with Crippen LogP contribution in [0.3, 0.4) is 0 Å². The Labute approximate surface area is 203 Å². The third kappa shape index (κ3) is 6.21. The quantitative estimate of drug-likeness (QED) is 0.509. The van der Waals surface area contributed by atoms with E-state index < -0.39 is 6.10 Å². The van der Waals surface area contributed by atoms with Gasteiger partial charge in [-0.2, -0.15) is 0 Å². The van der Waals surface area contributed by atoms with Gasteiger partial charge in [0.1, 0.15) is 5.82 Å². The lowest BCUT2D eigenvalue weighted by atomic mass is 9.96. The van der Waals surface area contributed by atoms with Gasteiger partial charge in [-0.3, -0.25) is 4.99 Å². The number of piperidine rings is 1. The molecule has 1 saturated heterocycles. The highest BCUT2D eigenvalue weighted by Gasteiger charge is 2.23. The summed E-state index contributed by atoms with van der Waals surface area (Å²) in [5.74, 6) is 0.300. The molecule has 0 saturated carbocycles. The number of aliphatic hydroxyl groups is 1. The number of nitrogens with zero attached hydrogens (tertiary/aromatic N) is 3. The van der Waals surface area contributed by atoms with E-state index >= 15 is 0 Å². The summed E-state index contributed by atoms with van der Waals surface area (Å²) in [6.07, 6.45) is 1.58. The van der Waals surface area contributed by atoms with Crippen LogP contribution in [0.1, 0.15) is 24.5 Å². The fraction of sp³-hybridized carbons (Fsp3) is 0.409. The summed E-state index contributed by atoms with van der Waals surface area (Å²) in [5, 5.41) is 11.2. The van der Waals surface area contributed by atoms with Crippen molar-refractivity contribution in [1.29, 1.82) is 0 Å². The standard InChI is InChI=1S/C22H25ClFN3OS.2ClH/c1-25-22-27(19-7-4-17(23)12-21(19)29-22)13-15-8-10-26(11-9-15)14-20(28)16-2-5-18(24)6-3-16;;/h2-7,12,15,20,28H,8-11,13-14H2,1H3;2*1H/b25-22+;;. The highest BCUT2D eigenvalue weighted by atomic mass is 35.5. The minimum Gasteiger partial charge on any atom is -0.387 e. The SMILES string of the molecule is C/N=c1/sc2cc(Cl)ccc2n1CC1CCN(CC(O)c2ccc(F)cc2)CC1.Cl.Cl. The molecule has 2 aromatic carbocycles. The molecule has 4 rings (SSSR count). The molecule has 1 aliphatic heterocycles. The number of aromatic nitrogens is 1. The molecule has 0 bridgehead atoms. The first-order valence-corrected chi connectivity index (χ1v) is 11.1. The van der Waals surface area contributed by atoms with Gasteiger partial charge in [-0.25, -0.2) is 4.39 Å². The first kappa shape index (κ1) is 26.1. The molecule has 1 aromatic heterocycles. The van der Waals surface area contributed by atoms with Crippen LogP contribution in [0.15, 0.2) is 47.5 Å². The van der Waals surface area contributed by atoms with E-state index in [1.54, 1.807) is 23.5 Å². The van der Waals surface area contributed by atoms with Crippen molar-refractivity contribution in [1.82, 2.24) is 9.47 Å². The number of hydrogen-bond acceptors (Lipinski definition) is 4. The van der Waals surface area contributed by atoms with Crippen molar-refractivity contribution in [3.63, 3.8) is 0 Å². The minimum absolute atomic E-state index is 0. The van der Waals surface area contributed by atoms with Crippen LogP contribution in [0.25, 0.3) is 10.2 Å². The fourth-order valence-corrected chi connectivity index (χ4v) is 5.31. The Morgan fingerprint density at radius 3 is 2.48 bits per heavy atom. The number of hydrogen-bond donors (Lipinski definition) is 1. The maximum Gasteiger partial charge on any atom is 0.185 e. The molecule has 1 aliphatic rings. The van der Waals surface area contributed by atoms with Crippen LogP contribution in [0.2, 0.25) is 5.02 Å². The smallest absolute Gasteiger partial charge is 0.185 e. The predicted molar refractivity (Wildman–Crippen MR) is 131 cm³/mol. The van der Waals surface area contributed by atoms with Crippen molar-refractivity contribution in [3.05, 3.63) is 63.7 Å². The Hall–Kier alpha value is -1.15. The third-order valence-electron chi connectivity index (χ3n) is 5.67. The average molecular weight is 507 g/mol. The molecule has 9 heteroatoms. The van der Waals surface area contributed by atoms with Crippen LogP contribution < -0.4 is 4.80 Å². The first-order chi connectivity index (χ1) is 14.0. The maximum absolute atomic E-state index is 13.1. The minimum atomic E-state index is -0.586. The summed E-state index contributed by atoms with van der Waals surface area (Å²) in [4.78, 5) is 7.79. The van der Waals surface area contributed by atoms with E-state index in [9.17, 15) is 9.50 Å². The van der Waals surface area contributed by atoms with Crippen molar-refractivity contribution in [2.75, 3.05) is 26.7 Å². The van der Waals surface area contributed by atoms with E-state index in [1.807, 2.05) is 19.2 Å². The molecular formula is C22H27Cl3FN3OS. The summed E-state index contributed by atoms with van der Waals surface area (Å²) in [6, 6.07) is 12.1. The molecule has 1 fully saturated rings. The number of β-amino-alcohol motifs (C(OH)–C–C–N with tert-alkyl or cyclic N) is 1. The lowest BCUT2D eigenvalue weighted by molar-refractivity contribution is 0.0867. The topological polar surface area (TPSA) is 40.8 Å². The number of fused-ring (bicyclic) bond motifs is 1. The summed E-state index contributed by atoms with van der Waals surface area (Å²) >= 11 is 7.82. The molecular weight excluding hydrogens is 480 g/mol. The monoisotopic (exact) mass is 505 g/mol. The Kier molecular flexibility index (Phi) is 9.80. The van der Waals surface area contributed by atoms with Gasteiger partial charge in [0.25, 0.3) is 0 Å². The van der Waals surface area contributed by atoms with E-state index in [0.717, 1.165) is 52.6 Å². The van der Waals surface area contributed by atoms with Crippen LogP contribution >= 0.6 is 47.8 Å². The fourth-order valence-electron chi connectivity index (χ4n) is 4.04. The number of thiazole rings is 1. The molecule has 1 atom stereocenters. The molecule has 2 heterocycles. The van der Waals surface area contributed by atoms with E-state index in [1.165, 1.54) is 17.6 Å². The van der Waals surface area contributed by atoms with E-state index in [0.29, 0.717) is 12.5 Å². The van der Waals surface area contributed by atoms with Crippen molar-refractivity contribution in [3.8, 4) is 0 Å². The third-order valence-corrected chi connectivity index (χ3v) is 7.04. The molecule has 31 heavy (non-hydrogen) atoms. The molecule has 4 nitrogen and oxygen atoms in total. The van der Waals surface area contributed by atoms with Crippen LogP contribution in [0, 0.1) is 11.7 Å². The summed E-state index contributed by atoms with van der Waals surface area (Å²) in [5.41, 5.74) is 1.95. The predicted octanol–water partition coefficient (Wildman–Crippen LogP) is 5.32. The summed E-state index contributed by atoms with van der Waals surface area (Å²) in [7, 11) is 1.84. The van der Waals surface area contributed by atoms with Gasteiger partial charge in [-0.1, -0.05) is 35.1 Å². The second kappa shape index (κ2) is 11.6. The van der Waals surface area contributed by atoms with Crippen molar-refractivity contribution in [2.24, 2.45) is 10.9 Å². The zero-order valence-electron chi connectivity index (χ0n) is 17.2. The second-order valence-electron chi connectivity index (χ2n) is 7.64. The normalized spacial score (nSPS) is 16.7. The van der Waals surface area contributed by atoms with Gasteiger partial charge >= 0.3 is 0 Å². The molecule has 0 radical (unpaired) electrons. The van der Waals surface area contributed by atoms with Gasteiger partial charge in [-0.15, -0.1) is 24.8 Å². The summed E-state index contributed by atoms with van der Waals surface area (Å²) < 4.78 is 16.5. The zero-order valence-corrected chi connectivity index (χ0v) is 20.4. The van der Waals surface area contributed by atoms with Gasteiger partial charge in [0.15, 0.2) is 4.80 Å². The van der Waals surface area contributed by atoms with Crippen LogP contribution in [-0.2, 0) is 6.54 Å². The van der Waals surface area contributed by atoms with Crippen LogP contribution in [0.5, 0.6) is 0 Å². The van der Waals surface area contributed by atoms with Crippen LogP contribution in [-0.4, -0.2) is 41.3 Å². The number of aliphatic hydroxyl groups excluding tert-OH is 1.